The Morgan fingerprint density at radius 1 is 1.26 bits per heavy atom. The average Bonchev–Trinajstić information content (AvgIpc) is 3.32. The third-order valence-corrected chi connectivity index (χ3v) is 6.09. The zero-order valence-electron chi connectivity index (χ0n) is 17.5. The summed E-state index contributed by atoms with van der Waals surface area (Å²) in [6.45, 7) is 4.47. The molecule has 0 saturated carbocycles. The van der Waals surface area contributed by atoms with Crippen molar-refractivity contribution < 1.29 is 23.8 Å². The van der Waals surface area contributed by atoms with Crippen LogP contribution in [0.1, 0.15) is 18.9 Å². The lowest BCUT2D eigenvalue weighted by Crippen LogP contribution is -2.33. The summed E-state index contributed by atoms with van der Waals surface area (Å²) < 4.78 is 16.0. The van der Waals surface area contributed by atoms with Gasteiger partial charge in [-0.1, -0.05) is 17.8 Å². The molecule has 0 aliphatic carbocycles. The molecule has 2 aliphatic rings. The van der Waals surface area contributed by atoms with Crippen LogP contribution in [0.3, 0.4) is 0 Å². The molecule has 2 aromatic carbocycles. The van der Waals surface area contributed by atoms with E-state index in [4.69, 9.17) is 14.2 Å². The second kappa shape index (κ2) is 8.89. The summed E-state index contributed by atoms with van der Waals surface area (Å²) in [5, 5.41) is 2.89. The molecule has 162 valence electrons. The Hall–Kier alpha value is -3.20. The maximum absolute atomic E-state index is 12.9. The minimum atomic E-state index is -0.538. The van der Waals surface area contributed by atoms with Gasteiger partial charge in [0.15, 0.2) is 16.7 Å². The number of benzene rings is 2. The highest BCUT2D eigenvalue weighted by Crippen LogP contribution is 2.37. The number of hydrogen-bond acceptors (Lipinski definition) is 7. The van der Waals surface area contributed by atoms with Gasteiger partial charge in [0, 0.05) is 19.0 Å². The first kappa shape index (κ1) is 21.0. The molecule has 1 atom stereocenters. The molecule has 1 fully saturated rings. The minimum Gasteiger partial charge on any atom is -0.495 e. The van der Waals surface area contributed by atoms with Gasteiger partial charge in [-0.15, -0.1) is 0 Å². The molecular weight excluding hydrogens is 418 g/mol. The number of fused-ring (bicyclic) bond motifs is 1. The molecule has 0 spiro atoms. The molecular formula is C22H23N3O5S. The first-order valence-electron chi connectivity index (χ1n) is 9.89. The fraction of sp³-hybridized carbons (Fsp3) is 0.318. The van der Waals surface area contributed by atoms with E-state index in [2.05, 4.69) is 10.3 Å². The Kier molecular flexibility index (Phi) is 6.03. The van der Waals surface area contributed by atoms with Crippen molar-refractivity contribution in [3.8, 4) is 17.2 Å². The first-order valence-corrected chi connectivity index (χ1v) is 10.8. The van der Waals surface area contributed by atoms with Gasteiger partial charge in [-0.2, -0.15) is 0 Å². The van der Waals surface area contributed by atoms with E-state index in [1.54, 1.807) is 30.2 Å². The standard InChI is InChI=1S/C22H23N3O5S/c1-4-25-21(27)19(11-20(26)24-15-9-13(2)5-7-16(15)28-3)31-22(25)23-14-6-8-17-18(10-14)30-12-29-17/h5-10,19H,4,11-12H2,1-3H3,(H,24,26). The van der Waals surface area contributed by atoms with E-state index in [0.29, 0.717) is 40.3 Å². The Balaban J connectivity index is 1.48. The van der Waals surface area contributed by atoms with Crippen LogP contribution >= 0.6 is 11.8 Å². The Labute approximate surface area is 184 Å². The van der Waals surface area contributed by atoms with Crippen molar-refractivity contribution in [2.45, 2.75) is 25.5 Å². The number of methoxy groups -OCH3 is 1. The van der Waals surface area contributed by atoms with E-state index in [0.717, 1.165) is 5.56 Å². The molecule has 2 aliphatic heterocycles. The number of carbonyl (C=O) groups is 2. The summed E-state index contributed by atoms with van der Waals surface area (Å²) in [6.07, 6.45) is 0.0389. The second-order valence-electron chi connectivity index (χ2n) is 7.08. The fourth-order valence-electron chi connectivity index (χ4n) is 3.37. The van der Waals surface area contributed by atoms with Crippen LogP contribution in [0, 0.1) is 6.92 Å². The number of rotatable bonds is 6. The molecule has 9 heteroatoms. The van der Waals surface area contributed by atoms with Crippen LogP contribution in [0.4, 0.5) is 11.4 Å². The number of thioether (sulfide) groups is 1. The molecule has 0 bridgehead atoms. The number of anilines is 1. The highest BCUT2D eigenvalue weighted by Gasteiger charge is 2.38. The Morgan fingerprint density at radius 2 is 2.06 bits per heavy atom. The van der Waals surface area contributed by atoms with Crippen LogP contribution in [0.25, 0.3) is 0 Å². The minimum absolute atomic E-state index is 0.0389. The third-order valence-electron chi connectivity index (χ3n) is 4.92. The number of aliphatic imine (C=N–C) groups is 1. The van der Waals surface area contributed by atoms with Crippen molar-refractivity contribution in [1.82, 2.24) is 4.90 Å². The third kappa shape index (κ3) is 4.46. The van der Waals surface area contributed by atoms with Crippen molar-refractivity contribution in [1.29, 1.82) is 0 Å². The van der Waals surface area contributed by atoms with Crippen LogP contribution in [-0.2, 0) is 9.59 Å². The summed E-state index contributed by atoms with van der Waals surface area (Å²) >= 11 is 1.29. The molecule has 1 N–H and O–H groups in total. The van der Waals surface area contributed by atoms with Crippen LogP contribution < -0.4 is 19.5 Å². The predicted octanol–water partition coefficient (Wildman–Crippen LogP) is 3.71. The van der Waals surface area contributed by atoms with E-state index in [1.807, 2.05) is 32.0 Å². The molecule has 2 amide bonds. The first-order chi connectivity index (χ1) is 15.0. The molecule has 4 rings (SSSR count). The van der Waals surface area contributed by atoms with Gasteiger partial charge in [0.2, 0.25) is 18.6 Å². The number of amides is 2. The highest BCUT2D eigenvalue weighted by atomic mass is 32.2. The molecule has 2 aromatic rings. The van der Waals surface area contributed by atoms with Crippen molar-refractivity contribution in [3.63, 3.8) is 0 Å². The predicted molar refractivity (Wildman–Crippen MR) is 119 cm³/mol. The van der Waals surface area contributed by atoms with Gasteiger partial charge >= 0.3 is 0 Å². The summed E-state index contributed by atoms with van der Waals surface area (Å²) in [4.78, 5) is 31.7. The van der Waals surface area contributed by atoms with E-state index >= 15 is 0 Å². The van der Waals surface area contributed by atoms with E-state index in [1.165, 1.54) is 11.8 Å². The van der Waals surface area contributed by atoms with Gasteiger partial charge in [0.25, 0.3) is 0 Å². The lowest BCUT2D eigenvalue weighted by molar-refractivity contribution is -0.128. The monoisotopic (exact) mass is 441 g/mol. The van der Waals surface area contributed by atoms with Crippen molar-refractivity contribution in [2.75, 3.05) is 25.8 Å². The van der Waals surface area contributed by atoms with Gasteiger partial charge in [-0.05, 0) is 43.7 Å². The van der Waals surface area contributed by atoms with Crippen molar-refractivity contribution in [3.05, 3.63) is 42.0 Å². The van der Waals surface area contributed by atoms with Gasteiger partial charge in [-0.25, -0.2) is 4.99 Å². The second-order valence-corrected chi connectivity index (χ2v) is 8.25. The average molecular weight is 442 g/mol. The molecule has 31 heavy (non-hydrogen) atoms. The summed E-state index contributed by atoms with van der Waals surface area (Å²) in [5.74, 6) is 1.49. The van der Waals surface area contributed by atoms with Crippen molar-refractivity contribution in [2.24, 2.45) is 4.99 Å². The van der Waals surface area contributed by atoms with Crippen LogP contribution in [0.15, 0.2) is 41.4 Å². The molecule has 0 aromatic heterocycles. The van der Waals surface area contributed by atoms with E-state index in [9.17, 15) is 9.59 Å². The quantitative estimate of drug-likeness (QED) is 0.735. The summed E-state index contributed by atoms with van der Waals surface area (Å²) in [7, 11) is 1.55. The van der Waals surface area contributed by atoms with Gasteiger partial charge < -0.3 is 19.5 Å². The van der Waals surface area contributed by atoms with Crippen LogP contribution in [-0.4, -0.2) is 47.6 Å². The number of ether oxygens (including phenoxy) is 3. The van der Waals surface area contributed by atoms with E-state index < -0.39 is 5.25 Å². The molecule has 8 nitrogen and oxygen atoms in total. The molecule has 1 saturated heterocycles. The van der Waals surface area contributed by atoms with Gasteiger partial charge in [0.05, 0.1) is 18.5 Å². The maximum atomic E-state index is 12.9. The summed E-state index contributed by atoms with van der Waals surface area (Å²) in [6, 6.07) is 10.9. The Bertz CT molecular complexity index is 1060. The number of nitrogens with one attached hydrogen (secondary N) is 1. The number of amidine groups is 1. The zero-order chi connectivity index (χ0) is 22.0. The molecule has 2 heterocycles. The topological polar surface area (TPSA) is 89.5 Å². The maximum Gasteiger partial charge on any atom is 0.242 e. The zero-order valence-corrected chi connectivity index (χ0v) is 18.3. The fourth-order valence-corrected chi connectivity index (χ4v) is 4.59. The number of aryl methyl sites for hydroxylation is 1. The van der Waals surface area contributed by atoms with Crippen molar-refractivity contribution >= 4 is 40.1 Å². The largest absolute Gasteiger partial charge is 0.495 e. The number of hydrogen-bond donors (Lipinski definition) is 1. The number of carbonyl (C=O) groups excluding carboxylic acids is 2. The lowest BCUT2D eigenvalue weighted by atomic mass is 10.2. The van der Waals surface area contributed by atoms with Gasteiger partial charge in [0.1, 0.15) is 11.0 Å². The SMILES string of the molecule is CCN1C(=O)C(CC(=O)Nc2cc(C)ccc2OC)SC1=Nc1ccc2c(c1)OCO2. The van der Waals surface area contributed by atoms with E-state index in [-0.39, 0.29) is 25.0 Å². The summed E-state index contributed by atoms with van der Waals surface area (Å²) in [5.41, 5.74) is 2.25. The smallest absolute Gasteiger partial charge is 0.242 e. The lowest BCUT2D eigenvalue weighted by Gasteiger charge is -2.14. The molecule has 1 unspecified atom stereocenters. The highest BCUT2D eigenvalue weighted by molar-refractivity contribution is 8.15. The number of nitrogens with zero attached hydrogens (tertiary/aromatic N) is 2. The van der Waals surface area contributed by atoms with Gasteiger partial charge in [-0.3, -0.25) is 14.5 Å². The van der Waals surface area contributed by atoms with Crippen LogP contribution in [0.2, 0.25) is 0 Å². The molecule has 0 radical (unpaired) electrons. The normalized spacial score (nSPS) is 18.5. The van der Waals surface area contributed by atoms with Crippen LogP contribution in [0.5, 0.6) is 17.2 Å². The Morgan fingerprint density at radius 3 is 2.84 bits per heavy atom.